The van der Waals surface area contributed by atoms with Gasteiger partial charge in [-0.25, -0.2) is 20.8 Å². The van der Waals surface area contributed by atoms with Gasteiger partial charge in [-0.3, -0.25) is 15.6 Å². The monoisotopic (exact) mass is 196 g/mol. The number of nitrogens with two attached hydrogens (primary N) is 1. The van der Waals surface area contributed by atoms with E-state index in [1.165, 1.54) is 17.4 Å². The van der Waals surface area contributed by atoms with E-state index < -0.39 is 0 Å². The summed E-state index contributed by atoms with van der Waals surface area (Å²) < 4.78 is 0. The first kappa shape index (κ1) is 10.4. The first-order valence-corrected chi connectivity index (χ1v) is 3.90. The number of nitrogen functional groups attached to an aromatic ring is 1. The number of rotatable bonds is 3. The first-order valence-electron chi connectivity index (χ1n) is 3.90. The molecule has 1 heterocycles. The van der Waals surface area contributed by atoms with E-state index in [4.69, 9.17) is 5.84 Å². The van der Waals surface area contributed by atoms with Gasteiger partial charge in [0.05, 0.1) is 5.56 Å². The molecule has 4 N–H and O–H groups in total. The third-order valence-electron chi connectivity index (χ3n) is 1.37. The summed E-state index contributed by atoms with van der Waals surface area (Å²) in [4.78, 5) is 19.0. The molecule has 0 aliphatic carbocycles. The van der Waals surface area contributed by atoms with Gasteiger partial charge in [0.25, 0.3) is 5.91 Å². The number of aromatic nitrogens is 2. The minimum atomic E-state index is -0.265. The van der Waals surface area contributed by atoms with E-state index in [0.717, 1.165) is 0 Å². The summed E-state index contributed by atoms with van der Waals surface area (Å²) in [5.74, 6) is 5.08. The number of hydrogen-bond donors (Lipinski definition) is 3. The molecule has 1 aromatic rings. The van der Waals surface area contributed by atoms with Crippen LogP contribution < -0.4 is 16.7 Å². The van der Waals surface area contributed by atoms with E-state index in [-0.39, 0.29) is 11.9 Å². The Kier molecular flexibility index (Phi) is 3.32. The maximum absolute atomic E-state index is 11.4. The lowest BCUT2D eigenvalue weighted by atomic mass is 10.3. The third-order valence-corrected chi connectivity index (χ3v) is 1.37. The zero-order valence-corrected chi connectivity index (χ0v) is 7.98. The van der Waals surface area contributed by atoms with Gasteiger partial charge in [0.1, 0.15) is 0 Å². The van der Waals surface area contributed by atoms with Crippen molar-refractivity contribution in [3.63, 3.8) is 0 Å². The molecule has 14 heavy (non-hydrogen) atoms. The van der Waals surface area contributed by atoms with Crippen LogP contribution in [0.15, 0.2) is 12.4 Å². The fourth-order valence-electron chi connectivity index (χ4n) is 0.787. The average molecular weight is 196 g/mol. The standard InChI is InChI=1S/C7H12N6O/c1-13(2)12-6(14)5-3-9-7(11-8)10-4-5/h3-4H,8H2,1-2H3,(H,12,14)(H,9,10,11). The minimum Gasteiger partial charge on any atom is -0.292 e. The molecule has 1 amide bonds. The summed E-state index contributed by atoms with van der Waals surface area (Å²) in [6, 6.07) is 0. The first-order chi connectivity index (χ1) is 6.63. The maximum atomic E-state index is 11.4. The topological polar surface area (TPSA) is 96.2 Å². The van der Waals surface area contributed by atoms with Gasteiger partial charge in [0.15, 0.2) is 0 Å². The van der Waals surface area contributed by atoms with Crippen LogP contribution in [0.3, 0.4) is 0 Å². The van der Waals surface area contributed by atoms with Gasteiger partial charge in [-0.1, -0.05) is 0 Å². The normalized spacial score (nSPS) is 10.0. The average Bonchev–Trinajstić information content (AvgIpc) is 2.17. The highest BCUT2D eigenvalue weighted by Crippen LogP contribution is 1.98. The Morgan fingerprint density at radius 2 is 2.00 bits per heavy atom. The smallest absolute Gasteiger partial charge is 0.268 e. The molecular weight excluding hydrogens is 184 g/mol. The van der Waals surface area contributed by atoms with Crippen molar-refractivity contribution in [2.45, 2.75) is 0 Å². The molecule has 0 aliphatic heterocycles. The van der Waals surface area contributed by atoms with Gasteiger partial charge < -0.3 is 0 Å². The quantitative estimate of drug-likeness (QED) is 0.422. The number of hydrogen-bond acceptors (Lipinski definition) is 6. The van der Waals surface area contributed by atoms with Gasteiger partial charge in [-0.15, -0.1) is 0 Å². The highest BCUT2D eigenvalue weighted by Gasteiger charge is 2.06. The lowest BCUT2D eigenvalue weighted by Gasteiger charge is -2.11. The molecule has 0 aromatic carbocycles. The minimum absolute atomic E-state index is 0.265. The molecule has 1 aromatic heterocycles. The number of hydrazine groups is 2. The Morgan fingerprint density at radius 3 is 2.43 bits per heavy atom. The van der Waals surface area contributed by atoms with E-state index in [9.17, 15) is 4.79 Å². The molecule has 0 unspecified atom stereocenters. The van der Waals surface area contributed by atoms with Gasteiger partial charge in [-0.2, -0.15) is 0 Å². The molecule has 7 heteroatoms. The molecule has 1 rings (SSSR count). The van der Waals surface area contributed by atoms with Crippen molar-refractivity contribution in [3.8, 4) is 0 Å². The van der Waals surface area contributed by atoms with Gasteiger partial charge >= 0.3 is 0 Å². The van der Waals surface area contributed by atoms with Crippen LogP contribution in [0.2, 0.25) is 0 Å². The molecule has 7 nitrogen and oxygen atoms in total. The van der Waals surface area contributed by atoms with E-state index in [0.29, 0.717) is 5.56 Å². The van der Waals surface area contributed by atoms with E-state index in [1.807, 2.05) is 0 Å². The Hall–Kier alpha value is -1.73. The van der Waals surface area contributed by atoms with Crippen molar-refractivity contribution < 1.29 is 4.79 Å². The molecule has 0 atom stereocenters. The molecule has 0 aliphatic rings. The largest absolute Gasteiger partial charge is 0.292 e. The van der Waals surface area contributed by atoms with E-state index >= 15 is 0 Å². The molecule has 0 fully saturated rings. The number of carbonyl (C=O) groups is 1. The third kappa shape index (κ3) is 2.64. The van der Waals surface area contributed by atoms with Crippen LogP contribution in [-0.2, 0) is 0 Å². The van der Waals surface area contributed by atoms with Crippen molar-refractivity contribution in [3.05, 3.63) is 18.0 Å². The van der Waals surface area contributed by atoms with Crippen LogP contribution in [0.1, 0.15) is 10.4 Å². The summed E-state index contributed by atoms with van der Waals surface area (Å²) in [6.45, 7) is 0. The molecule has 0 spiro atoms. The van der Waals surface area contributed by atoms with E-state index in [1.54, 1.807) is 14.1 Å². The summed E-state index contributed by atoms with van der Waals surface area (Å²) in [6.07, 6.45) is 2.78. The molecule has 0 saturated carbocycles. The van der Waals surface area contributed by atoms with Gasteiger partial charge in [0, 0.05) is 26.5 Å². The number of amides is 1. The van der Waals surface area contributed by atoms with Crippen LogP contribution in [0, 0.1) is 0 Å². The number of nitrogens with zero attached hydrogens (tertiary/aromatic N) is 3. The second kappa shape index (κ2) is 4.49. The lowest BCUT2D eigenvalue weighted by Crippen LogP contribution is -2.36. The van der Waals surface area contributed by atoms with Crippen LogP contribution in [0.5, 0.6) is 0 Å². The van der Waals surface area contributed by atoms with Crippen LogP contribution in [0.4, 0.5) is 5.95 Å². The summed E-state index contributed by atoms with van der Waals surface area (Å²) in [7, 11) is 3.43. The van der Waals surface area contributed by atoms with Crippen molar-refractivity contribution in [2.75, 3.05) is 19.5 Å². The zero-order valence-electron chi connectivity index (χ0n) is 7.98. The SMILES string of the molecule is CN(C)NC(=O)c1cnc(NN)nc1. The molecular formula is C7H12N6O. The van der Waals surface area contributed by atoms with Crippen LogP contribution in [-0.4, -0.2) is 35.0 Å². The Morgan fingerprint density at radius 1 is 1.43 bits per heavy atom. The Bertz CT molecular complexity index is 308. The van der Waals surface area contributed by atoms with Crippen molar-refractivity contribution in [2.24, 2.45) is 5.84 Å². The Labute approximate surface area is 81.3 Å². The summed E-state index contributed by atoms with van der Waals surface area (Å²) in [5, 5.41) is 1.54. The Balaban J connectivity index is 2.71. The molecule has 76 valence electrons. The fraction of sp³-hybridized carbons (Fsp3) is 0.286. The van der Waals surface area contributed by atoms with Gasteiger partial charge in [0.2, 0.25) is 5.95 Å². The highest BCUT2D eigenvalue weighted by molar-refractivity contribution is 5.93. The summed E-state index contributed by atoms with van der Waals surface area (Å²) in [5.41, 5.74) is 5.20. The predicted octanol–water partition coefficient (Wildman–Crippen LogP) is -1.03. The van der Waals surface area contributed by atoms with Gasteiger partial charge in [-0.05, 0) is 0 Å². The number of nitrogens with one attached hydrogen (secondary N) is 2. The highest BCUT2D eigenvalue weighted by atomic mass is 16.2. The maximum Gasteiger partial charge on any atom is 0.268 e. The number of carbonyl (C=O) groups excluding carboxylic acids is 1. The van der Waals surface area contributed by atoms with Crippen molar-refractivity contribution in [1.82, 2.24) is 20.4 Å². The second-order valence-electron chi connectivity index (χ2n) is 2.78. The zero-order chi connectivity index (χ0) is 10.6. The predicted molar refractivity (Wildman–Crippen MR) is 51.0 cm³/mol. The van der Waals surface area contributed by atoms with Crippen LogP contribution >= 0.6 is 0 Å². The second-order valence-corrected chi connectivity index (χ2v) is 2.78. The fourth-order valence-corrected chi connectivity index (χ4v) is 0.787. The summed E-state index contributed by atoms with van der Waals surface area (Å²) >= 11 is 0. The number of anilines is 1. The lowest BCUT2D eigenvalue weighted by molar-refractivity contribution is 0.0856. The van der Waals surface area contributed by atoms with E-state index in [2.05, 4.69) is 20.8 Å². The molecule has 0 radical (unpaired) electrons. The molecule has 0 saturated heterocycles. The van der Waals surface area contributed by atoms with Crippen LogP contribution in [0.25, 0.3) is 0 Å². The molecule has 0 bridgehead atoms. The van der Waals surface area contributed by atoms with Crippen molar-refractivity contribution in [1.29, 1.82) is 0 Å². The van der Waals surface area contributed by atoms with Crippen molar-refractivity contribution >= 4 is 11.9 Å².